The number of rotatable bonds is 8. The van der Waals surface area contributed by atoms with E-state index in [-0.39, 0.29) is 0 Å². The third-order valence-corrected chi connectivity index (χ3v) is 13.4. The Labute approximate surface area is 354 Å². The Morgan fingerprint density at radius 2 is 0.917 bits per heavy atom. The molecule has 0 radical (unpaired) electrons. The van der Waals surface area contributed by atoms with Gasteiger partial charge in [-0.1, -0.05) is 213 Å². The van der Waals surface area contributed by atoms with Gasteiger partial charge in [0.05, 0.1) is 16.8 Å². The van der Waals surface area contributed by atoms with Crippen molar-refractivity contribution in [2.75, 3.05) is 4.90 Å². The number of nitrogens with zero attached hydrogens (tertiary/aromatic N) is 1. The molecule has 0 bridgehead atoms. The molecule has 0 aromatic heterocycles. The first-order valence-corrected chi connectivity index (χ1v) is 21.7. The predicted molar refractivity (Wildman–Crippen MR) is 253 cm³/mol. The standard InChI is InChI=1S/C59H47N/c1-5-20-42(21-6-1)43-38-40-48(41-39-43)60(55-36-16-14-30-50(55)51-33-18-25-45-24-17-32-49(57(45)51)44-22-7-2-8-23-44)56-37-19-35-54-58(56)52-31-13-15-34-53(52)59(54,46-26-9-3-10-27-46)47-28-11-4-12-29-47/h1,3-6,9-21,24-41,44H,2,7-8,22-23H2. The zero-order valence-corrected chi connectivity index (χ0v) is 33.8. The van der Waals surface area contributed by atoms with Crippen LogP contribution in [0.25, 0.3) is 44.2 Å². The molecule has 0 spiro atoms. The summed E-state index contributed by atoms with van der Waals surface area (Å²) in [6.45, 7) is 0. The zero-order chi connectivity index (χ0) is 39.9. The van der Waals surface area contributed by atoms with E-state index in [0.717, 1.165) is 5.69 Å². The van der Waals surface area contributed by atoms with Crippen LogP contribution in [0.4, 0.5) is 17.1 Å². The van der Waals surface area contributed by atoms with E-state index in [1.54, 1.807) is 0 Å². The van der Waals surface area contributed by atoms with Crippen molar-refractivity contribution in [1.29, 1.82) is 0 Å². The first-order valence-electron chi connectivity index (χ1n) is 21.7. The van der Waals surface area contributed by atoms with E-state index >= 15 is 0 Å². The largest absolute Gasteiger partial charge is 0.309 e. The molecule has 0 unspecified atom stereocenters. The van der Waals surface area contributed by atoms with Crippen LogP contribution >= 0.6 is 0 Å². The van der Waals surface area contributed by atoms with E-state index in [1.807, 2.05) is 0 Å². The van der Waals surface area contributed by atoms with Gasteiger partial charge in [0, 0.05) is 16.8 Å². The molecular formula is C59H47N. The minimum absolute atomic E-state index is 0.503. The van der Waals surface area contributed by atoms with Crippen LogP contribution in [0.5, 0.6) is 0 Å². The highest BCUT2D eigenvalue weighted by molar-refractivity contribution is 6.05. The fraction of sp³-hybridized carbons (Fsp3) is 0.119. The molecule has 0 amide bonds. The van der Waals surface area contributed by atoms with E-state index < -0.39 is 5.41 Å². The number of para-hydroxylation sites is 1. The van der Waals surface area contributed by atoms with Gasteiger partial charge in [-0.3, -0.25) is 0 Å². The Bertz CT molecular complexity index is 2900. The monoisotopic (exact) mass is 769 g/mol. The minimum Gasteiger partial charge on any atom is -0.309 e. The average molecular weight is 770 g/mol. The Balaban J connectivity index is 1.20. The molecule has 1 heteroatoms. The van der Waals surface area contributed by atoms with Crippen LogP contribution in [0.2, 0.25) is 0 Å². The van der Waals surface area contributed by atoms with Crippen molar-refractivity contribution >= 4 is 27.8 Å². The van der Waals surface area contributed by atoms with E-state index in [9.17, 15) is 0 Å². The summed E-state index contributed by atoms with van der Waals surface area (Å²) in [7, 11) is 0. The molecule has 288 valence electrons. The highest BCUT2D eigenvalue weighted by Crippen LogP contribution is 2.60. The molecule has 11 rings (SSSR count). The molecule has 0 N–H and O–H groups in total. The third kappa shape index (κ3) is 5.91. The van der Waals surface area contributed by atoms with Crippen LogP contribution in [0.3, 0.4) is 0 Å². The lowest BCUT2D eigenvalue weighted by molar-refractivity contribution is 0.445. The van der Waals surface area contributed by atoms with Crippen molar-refractivity contribution in [1.82, 2.24) is 0 Å². The molecule has 0 aliphatic heterocycles. The third-order valence-electron chi connectivity index (χ3n) is 13.4. The first-order chi connectivity index (χ1) is 29.8. The maximum atomic E-state index is 2.55. The van der Waals surface area contributed by atoms with E-state index in [1.165, 1.54) is 115 Å². The molecule has 60 heavy (non-hydrogen) atoms. The summed E-state index contributed by atoms with van der Waals surface area (Å²) in [5.41, 5.74) is 17.1. The summed E-state index contributed by atoms with van der Waals surface area (Å²) in [5, 5.41) is 2.71. The number of benzene rings is 9. The Kier molecular flexibility index (Phi) is 9.23. The summed E-state index contributed by atoms with van der Waals surface area (Å²) in [6.07, 6.45) is 6.47. The molecule has 9 aromatic carbocycles. The Morgan fingerprint density at radius 1 is 0.383 bits per heavy atom. The van der Waals surface area contributed by atoms with Gasteiger partial charge >= 0.3 is 0 Å². The second kappa shape index (κ2) is 15.3. The van der Waals surface area contributed by atoms with Crippen molar-refractivity contribution in [3.8, 4) is 33.4 Å². The maximum Gasteiger partial charge on any atom is 0.0714 e. The van der Waals surface area contributed by atoms with E-state index in [2.05, 4.69) is 223 Å². The smallest absolute Gasteiger partial charge is 0.0714 e. The van der Waals surface area contributed by atoms with Gasteiger partial charge in [0.15, 0.2) is 0 Å². The molecule has 1 nitrogen and oxygen atoms in total. The molecule has 1 saturated carbocycles. The highest BCUT2D eigenvalue weighted by Gasteiger charge is 2.47. The number of fused-ring (bicyclic) bond motifs is 4. The Hall–Kier alpha value is -6.96. The summed E-state index contributed by atoms with van der Waals surface area (Å²) >= 11 is 0. The Morgan fingerprint density at radius 3 is 1.63 bits per heavy atom. The lowest BCUT2D eigenvalue weighted by Crippen LogP contribution is -2.28. The minimum atomic E-state index is -0.503. The van der Waals surface area contributed by atoms with Gasteiger partial charge in [0.1, 0.15) is 0 Å². The molecule has 2 aliphatic carbocycles. The maximum absolute atomic E-state index is 2.55. The second-order valence-electron chi connectivity index (χ2n) is 16.6. The van der Waals surface area contributed by atoms with Gasteiger partial charge < -0.3 is 4.90 Å². The lowest BCUT2D eigenvalue weighted by Gasteiger charge is -2.34. The summed E-state index contributed by atoms with van der Waals surface area (Å²) in [4.78, 5) is 2.55. The van der Waals surface area contributed by atoms with Crippen LogP contribution in [0, 0.1) is 0 Å². The van der Waals surface area contributed by atoms with Crippen LogP contribution in [-0.2, 0) is 5.41 Å². The van der Waals surface area contributed by atoms with Gasteiger partial charge in [-0.15, -0.1) is 0 Å². The van der Waals surface area contributed by atoms with Crippen molar-refractivity contribution in [2.45, 2.75) is 43.4 Å². The highest BCUT2D eigenvalue weighted by atomic mass is 15.1. The fourth-order valence-corrected chi connectivity index (χ4v) is 10.7. The predicted octanol–water partition coefficient (Wildman–Crippen LogP) is 16.1. The van der Waals surface area contributed by atoms with Crippen LogP contribution < -0.4 is 4.90 Å². The van der Waals surface area contributed by atoms with Gasteiger partial charge in [0.2, 0.25) is 0 Å². The zero-order valence-electron chi connectivity index (χ0n) is 33.8. The molecule has 1 fully saturated rings. The first kappa shape index (κ1) is 36.1. The van der Waals surface area contributed by atoms with Gasteiger partial charge in [0.25, 0.3) is 0 Å². The molecule has 9 aromatic rings. The quantitative estimate of drug-likeness (QED) is 0.149. The normalized spacial score (nSPS) is 14.4. The van der Waals surface area contributed by atoms with Gasteiger partial charge in [-0.2, -0.15) is 0 Å². The van der Waals surface area contributed by atoms with Gasteiger partial charge in [-0.25, -0.2) is 0 Å². The van der Waals surface area contributed by atoms with Crippen LogP contribution in [0.15, 0.2) is 218 Å². The van der Waals surface area contributed by atoms with E-state index in [0.29, 0.717) is 5.92 Å². The van der Waals surface area contributed by atoms with Crippen LogP contribution in [-0.4, -0.2) is 0 Å². The lowest BCUT2D eigenvalue weighted by atomic mass is 9.68. The molecular weight excluding hydrogens is 723 g/mol. The van der Waals surface area contributed by atoms with Crippen molar-refractivity contribution in [3.63, 3.8) is 0 Å². The average Bonchev–Trinajstić information content (AvgIpc) is 3.64. The van der Waals surface area contributed by atoms with Gasteiger partial charge in [-0.05, 0) is 104 Å². The van der Waals surface area contributed by atoms with Crippen LogP contribution in [0.1, 0.15) is 65.8 Å². The van der Waals surface area contributed by atoms with Crippen molar-refractivity contribution in [2.24, 2.45) is 0 Å². The fourth-order valence-electron chi connectivity index (χ4n) is 10.7. The molecule has 0 heterocycles. The number of hydrogen-bond donors (Lipinski definition) is 0. The molecule has 2 aliphatic rings. The molecule has 0 atom stereocenters. The number of hydrogen-bond acceptors (Lipinski definition) is 1. The summed E-state index contributed by atoms with van der Waals surface area (Å²) in [6, 6.07) is 81.4. The number of anilines is 3. The van der Waals surface area contributed by atoms with E-state index in [4.69, 9.17) is 0 Å². The van der Waals surface area contributed by atoms with Crippen molar-refractivity contribution in [3.05, 3.63) is 246 Å². The summed E-state index contributed by atoms with van der Waals surface area (Å²) in [5.74, 6) is 0.579. The molecule has 0 saturated heterocycles. The summed E-state index contributed by atoms with van der Waals surface area (Å²) < 4.78 is 0. The topological polar surface area (TPSA) is 3.24 Å². The second-order valence-corrected chi connectivity index (χ2v) is 16.6. The van der Waals surface area contributed by atoms with Crippen molar-refractivity contribution < 1.29 is 0 Å². The SMILES string of the molecule is c1ccc(-c2ccc(N(c3ccccc3-c3cccc4cccc(C5CCCCC5)c34)c3cccc4c3-c3ccccc3C4(c3ccccc3)c3ccccc3)cc2)cc1.